The summed E-state index contributed by atoms with van der Waals surface area (Å²) in [6.07, 6.45) is 9.92. The summed E-state index contributed by atoms with van der Waals surface area (Å²) < 4.78 is 0. The molecule has 0 aromatic rings. The van der Waals surface area contributed by atoms with Crippen LogP contribution in [0.4, 0.5) is 0 Å². The number of amides is 2. The van der Waals surface area contributed by atoms with Crippen molar-refractivity contribution in [2.75, 3.05) is 0 Å². The zero-order chi connectivity index (χ0) is 14.5. The van der Waals surface area contributed by atoms with Crippen molar-refractivity contribution in [3.63, 3.8) is 0 Å². The van der Waals surface area contributed by atoms with Gasteiger partial charge < -0.3 is 11.5 Å². The highest BCUT2D eigenvalue weighted by molar-refractivity contribution is 5.75. The molecule has 2 aliphatic rings. The number of allylic oxidation sites excluding steroid dienone is 2. The summed E-state index contributed by atoms with van der Waals surface area (Å²) in [6.45, 7) is 0. The van der Waals surface area contributed by atoms with Crippen molar-refractivity contribution in [1.29, 1.82) is 0 Å². The molecule has 0 heterocycles. The lowest BCUT2D eigenvalue weighted by molar-refractivity contribution is -0.119. The van der Waals surface area contributed by atoms with Crippen LogP contribution in [0.1, 0.15) is 64.2 Å². The highest BCUT2D eigenvalue weighted by Gasteiger charge is 2.29. The van der Waals surface area contributed by atoms with E-state index in [0.29, 0.717) is 24.7 Å². The molecule has 112 valence electrons. The standard InChI is InChI=1S/C16H26N2O2/c17-15(19)9-11-5-1-3-7-13(11)14-8-4-2-6-12(14)10-16(18)20/h11-12H,1-10H2,(H2,17,19)(H2,18,20). The van der Waals surface area contributed by atoms with Gasteiger partial charge in [0.2, 0.25) is 11.8 Å². The van der Waals surface area contributed by atoms with E-state index >= 15 is 0 Å². The first-order valence-electron chi connectivity index (χ1n) is 7.86. The van der Waals surface area contributed by atoms with Crippen molar-refractivity contribution < 1.29 is 9.59 Å². The lowest BCUT2D eigenvalue weighted by atomic mass is 9.72. The molecule has 0 aliphatic heterocycles. The minimum atomic E-state index is -0.211. The van der Waals surface area contributed by atoms with Crippen LogP contribution >= 0.6 is 0 Å². The van der Waals surface area contributed by atoms with E-state index in [9.17, 15) is 9.59 Å². The van der Waals surface area contributed by atoms with E-state index in [4.69, 9.17) is 11.5 Å². The Morgan fingerprint density at radius 3 is 1.55 bits per heavy atom. The van der Waals surface area contributed by atoms with Gasteiger partial charge in [-0.25, -0.2) is 0 Å². The Labute approximate surface area is 121 Å². The van der Waals surface area contributed by atoms with Gasteiger partial charge in [0, 0.05) is 12.8 Å². The molecule has 2 amide bonds. The molecule has 2 unspecified atom stereocenters. The third-order valence-electron chi connectivity index (χ3n) is 4.79. The highest BCUT2D eigenvalue weighted by atomic mass is 16.1. The van der Waals surface area contributed by atoms with Crippen molar-refractivity contribution in [2.24, 2.45) is 23.3 Å². The maximum atomic E-state index is 11.3. The first-order chi connectivity index (χ1) is 9.58. The summed E-state index contributed by atoms with van der Waals surface area (Å²) in [4.78, 5) is 22.6. The third kappa shape index (κ3) is 3.84. The van der Waals surface area contributed by atoms with Crippen LogP contribution in [0, 0.1) is 11.8 Å². The molecule has 0 saturated heterocycles. The van der Waals surface area contributed by atoms with Crippen molar-refractivity contribution in [2.45, 2.75) is 64.2 Å². The average molecular weight is 278 g/mol. The van der Waals surface area contributed by atoms with Gasteiger partial charge in [0.1, 0.15) is 0 Å². The first-order valence-corrected chi connectivity index (χ1v) is 7.86. The van der Waals surface area contributed by atoms with Crippen molar-refractivity contribution in [3.8, 4) is 0 Å². The topological polar surface area (TPSA) is 86.2 Å². The fourth-order valence-electron chi connectivity index (χ4n) is 3.95. The number of hydrogen-bond donors (Lipinski definition) is 2. The van der Waals surface area contributed by atoms with E-state index < -0.39 is 0 Å². The second-order valence-corrected chi connectivity index (χ2v) is 6.28. The molecular weight excluding hydrogens is 252 g/mol. The van der Waals surface area contributed by atoms with Gasteiger partial charge in [0.05, 0.1) is 0 Å². The number of carbonyl (C=O) groups excluding carboxylic acids is 2. The predicted molar refractivity (Wildman–Crippen MR) is 78.6 cm³/mol. The molecule has 2 atom stereocenters. The molecular formula is C16H26N2O2. The third-order valence-corrected chi connectivity index (χ3v) is 4.79. The summed E-state index contributed by atoms with van der Waals surface area (Å²) in [5, 5.41) is 0. The summed E-state index contributed by atoms with van der Waals surface area (Å²) in [6, 6.07) is 0. The lowest BCUT2D eigenvalue weighted by Gasteiger charge is -2.33. The Morgan fingerprint density at radius 2 is 1.20 bits per heavy atom. The molecule has 0 bridgehead atoms. The molecule has 0 spiro atoms. The summed E-state index contributed by atoms with van der Waals surface area (Å²) in [5.41, 5.74) is 13.7. The maximum Gasteiger partial charge on any atom is 0.218 e. The smallest absolute Gasteiger partial charge is 0.218 e. The SMILES string of the molecule is NC(=O)CC1CCCCC1=C1CCCCC1CC(N)=O. The zero-order valence-corrected chi connectivity index (χ0v) is 12.2. The molecule has 0 aromatic carbocycles. The van der Waals surface area contributed by atoms with Crippen molar-refractivity contribution in [1.82, 2.24) is 0 Å². The van der Waals surface area contributed by atoms with E-state index in [1.807, 2.05) is 0 Å². The molecule has 0 radical (unpaired) electrons. The maximum absolute atomic E-state index is 11.3. The number of nitrogens with two attached hydrogens (primary N) is 2. The second kappa shape index (κ2) is 6.91. The quantitative estimate of drug-likeness (QED) is 0.774. The summed E-state index contributed by atoms with van der Waals surface area (Å²) in [5.74, 6) is 0.198. The predicted octanol–water partition coefficient (Wildman–Crippen LogP) is 2.41. The molecule has 2 rings (SSSR count). The Hall–Kier alpha value is -1.32. The molecule has 20 heavy (non-hydrogen) atoms. The van der Waals surface area contributed by atoms with Crippen LogP contribution in [0.25, 0.3) is 0 Å². The van der Waals surface area contributed by atoms with E-state index in [1.165, 1.54) is 36.8 Å². The van der Waals surface area contributed by atoms with E-state index in [0.717, 1.165) is 25.7 Å². The van der Waals surface area contributed by atoms with Crippen molar-refractivity contribution >= 4 is 11.8 Å². The highest BCUT2D eigenvalue weighted by Crippen LogP contribution is 2.41. The Bertz CT molecular complexity index is 377. The molecule has 4 nitrogen and oxygen atoms in total. The van der Waals surface area contributed by atoms with E-state index in [-0.39, 0.29) is 11.8 Å². The first kappa shape index (κ1) is 15.1. The largest absolute Gasteiger partial charge is 0.370 e. The van der Waals surface area contributed by atoms with Gasteiger partial charge in [-0.2, -0.15) is 0 Å². The second-order valence-electron chi connectivity index (χ2n) is 6.28. The number of hydrogen-bond acceptors (Lipinski definition) is 2. The van der Waals surface area contributed by atoms with Gasteiger partial charge >= 0.3 is 0 Å². The van der Waals surface area contributed by atoms with Crippen LogP contribution in [0.3, 0.4) is 0 Å². The van der Waals surface area contributed by atoms with Crippen LogP contribution in [0.5, 0.6) is 0 Å². The number of carbonyl (C=O) groups is 2. The molecule has 0 aromatic heterocycles. The van der Waals surface area contributed by atoms with Crippen LogP contribution in [0.15, 0.2) is 11.1 Å². The fraction of sp³-hybridized carbons (Fsp3) is 0.750. The van der Waals surface area contributed by atoms with Gasteiger partial charge in [-0.3, -0.25) is 9.59 Å². The normalized spacial score (nSPS) is 31.0. The summed E-state index contributed by atoms with van der Waals surface area (Å²) in [7, 11) is 0. The monoisotopic (exact) mass is 278 g/mol. The zero-order valence-electron chi connectivity index (χ0n) is 12.2. The van der Waals surface area contributed by atoms with Gasteiger partial charge in [-0.15, -0.1) is 0 Å². The Kier molecular flexibility index (Phi) is 5.21. The number of primary amides is 2. The minimum Gasteiger partial charge on any atom is -0.370 e. The number of rotatable bonds is 4. The van der Waals surface area contributed by atoms with E-state index in [1.54, 1.807) is 0 Å². The summed E-state index contributed by atoms with van der Waals surface area (Å²) >= 11 is 0. The molecule has 2 fully saturated rings. The van der Waals surface area contributed by atoms with Gasteiger partial charge in [-0.05, 0) is 50.4 Å². The van der Waals surface area contributed by atoms with Gasteiger partial charge in [-0.1, -0.05) is 24.0 Å². The van der Waals surface area contributed by atoms with Crippen molar-refractivity contribution in [3.05, 3.63) is 11.1 Å². The molecule has 2 aliphatic carbocycles. The van der Waals surface area contributed by atoms with Crippen LogP contribution < -0.4 is 11.5 Å². The van der Waals surface area contributed by atoms with E-state index in [2.05, 4.69) is 0 Å². The van der Waals surface area contributed by atoms with Gasteiger partial charge in [0.25, 0.3) is 0 Å². The molecule has 2 saturated carbocycles. The van der Waals surface area contributed by atoms with Gasteiger partial charge in [0.15, 0.2) is 0 Å². The average Bonchev–Trinajstić information content (AvgIpc) is 2.39. The van der Waals surface area contributed by atoms with Crippen LogP contribution in [-0.2, 0) is 9.59 Å². The Balaban J connectivity index is 2.23. The van der Waals surface area contributed by atoms with Crippen LogP contribution in [0.2, 0.25) is 0 Å². The lowest BCUT2D eigenvalue weighted by Crippen LogP contribution is -2.25. The fourth-order valence-corrected chi connectivity index (χ4v) is 3.95. The Morgan fingerprint density at radius 1 is 0.800 bits per heavy atom. The van der Waals surface area contributed by atoms with Crippen LogP contribution in [-0.4, -0.2) is 11.8 Å². The minimum absolute atomic E-state index is 0.211. The molecule has 4 heteroatoms. The molecule has 4 N–H and O–H groups in total.